The summed E-state index contributed by atoms with van der Waals surface area (Å²) in [4.78, 5) is 87.9. The van der Waals surface area contributed by atoms with Crippen LogP contribution in [0.3, 0.4) is 0 Å². The number of benzene rings is 10. The third kappa shape index (κ3) is 23.1. The van der Waals surface area contributed by atoms with E-state index in [1.165, 1.54) is 49.9 Å². The summed E-state index contributed by atoms with van der Waals surface area (Å²) in [5, 5.41) is 10.4. The van der Waals surface area contributed by atoms with Crippen molar-refractivity contribution in [1.82, 2.24) is 0 Å². The van der Waals surface area contributed by atoms with Gasteiger partial charge >= 0.3 is 0 Å². The van der Waals surface area contributed by atoms with Gasteiger partial charge in [0.05, 0.1) is 61.6 Å². The Morgan fingerprint density at radius 3 is 1.01 bits per heavy atom. The van der Waals surface area contributed by atoms with Gasteiger partial charge in [0.15, 0.2) is 57.4 Å². The number of sulfonamides is 2. The van der Waals surface area contributed by atoms with Crippen molar-refractivity contribution in [2.75, 3.05) is 60.0 Å². The molecule has 0 bridgehead atoms. The summed E-state index contributed by atoms with van der Waals surface area (Å²) in [6.07, 6.45) is 19.7. The van der Waals surface area contributed by atoms with Crippen LogP contribution in [-0.4, -0.2) is 117 Å². The molecule has 10 aromatic rings. The zero-order chi connectivity index (χ0) is 92.7. The molecule has 132 heavy (non-hydrogen) atoms. The molecule has 0 unspecified atom stereocenters. The van der Waals surface area contributed by atoms with Gasteiger partial charge in [-0.15, -0.1) is 0 Å². The number of methoxy groups -OCH3 is 2. The van der Waals surface area contributed by atoms with Crippen molar-refractivity contribution in [3.63, 3.8) is 0 Å². The average Bonchev–Trinajstić information content (AvgIpc) is 1.65. The molecule has 18 rings (SSSR count). The maximum atomic E-state index is 12.9. The summed E-state index contributed by atoms with van der Waals surface area (Å²) in [7, 11) is -4.34. The van der Waals surface area contributed by atoms with Crippen molar-refractivity contribution >= 4 is 89.6 Å². The standard InChI is InChI=1S/2C29H27N3O4.2C22H26N2O5S/c1-31-22-7-5-11-25(17-22)36-26-13-12-19(15-27(26)35-24-9-2-3-10-24)21-16-28(33)32(18-21)23-8-4-6-20(14-23)29(30)34;1-31-22-10-12-25(13-11-22)35-26-14-9-19(16-27(26)36-24-7-2-3-8-24)21-17-28(33)32(18-21)23-6-4-5-20(15-23)29(30)34;1-28-20-10-9-15(11-21(20)29-18-6-2-3-7-18)16-12-22(25)24(14-16)17-5-4-8-19(13-17)30(23,26)27;1-28-20-11-6-15(12-21(20)29-18-4-2-3-5-18)16-13-22(25)24(14-16)17-7-9-19(10-8-17)30(23,26)27/h4-8,11-15,17,21,24H,2-3,9-10,16,18H2,(H2,30,34);4-6,9-16,21,24H,2-3,7-8,17-18H2,(H2,30,34);4-5,8-11,13,16,18H,2-3,6-7,12,14H2,1H3,(H2,23,26,27);6-12,16,18H,2-5,13-14H2,1H3,(H2,23,26,27)/t2*21-;2*16-/m1111/s1. The first-order chi connectivity index (χ1) is 63.7. The number of hydrogen-bond acceptors (Lipinski definition) is 18. The number of amides is 6. The molecule has 10 aromatic carbocycles. The van der Waals surface area contributed by atoms with E-state index in [0.29, 0.717) is 149 Å². The van der Waals surface area contributed by atoms with Crippen molar-refractivity contribution in [3.8, 4) is 57.5 Å². The molecule has 684 valence electrons. The Morgan fingerprint density at radius 2 is 0.659 bits per heavy atom. The number of ether oxygens (including phenoxy) is 8. The van der Waals surface area contributed by atoms with E-state index in [9.17, 15) is 45.6 Å². The van der Waals surface area contributed by atoms with Crippen LogP contribution in [0.25, 0.3) is 9.69 Å². The van der Waals surface area contributed by atoms with Crippen molar-refractivity contribution in [1.29, 1.82) is 0 Å². The predicted octanol–water partition coefficient (Wildman–Crippen LogP) is 18.3. The minimum absolute atomic E-state index is 0.0000979. The lowest BCUT2D eigenvalue weighted by Crippen LogP contribution is -2.24. The van der Waals surface area contributed by atoms with Crippen LogP contribution >= 0.6 is 0 Å². The molecule has 4 aliphatic heterocycles. The molecule has 0 radical (unpaired) electrons. The quantitative estimate of drug-likeness (QED) is 0.0366. The average molecular weight is 1820 g/mol. The third-order valence-electron chi connectivity index (χ3n) is 25.3. The minimum atomic E-state index is -3.83. The molecule has 8 aliphatic rings. The Morgan fingerprint density at radius 1 is 0.333 bits per heavy atom. The van der Waals surface area contributed by atoms with Gasteiger partial charge in [-0.1, -0.05) is 66.7 Å². The Balaban J connectivity index is 0.000000135. The van der Waals surface area contributed by atoms with Crippen LogP contribution in [0.2, 0.25) is 0 Å². The van der Waals surface area contributed by atoms with Gasteiger partial charge in [0.25, 0.3) is 0 Å². The summed E-state index contributed by atoms with van der Waals surface area (Å²) < 4.78 is 94.5. The molecule has 4 atom stereocenters. The monoisotopic (exact) mass is 1820 g/mol. The van der Waals surface area contributed by atoms with Crippen molar-refractivity contribution in [2.45, 2.75) is 186 Å². The van der Waals surface area contributed by atoms with Gasteiger partial charge in [0, 0.05) is 109 Å². The highest BCUT2D eigenvalue weighted by molar-refractivity contribution is 7.89. The van der Waals surface area contributed by atoms with Crippen LogP contribution in [0.4, 0.5) is 34.1 Å². The summed E-state index contributed by atoms with van der Waals surface area (Å²) in [5.74, 6) is 5.38. The first-order valence-electron chi connectivity index (χ1n) is 44.6. The SMILES string of the molecule is COc1ccc([C@@H]2CC(=O)N(c3ccc(S(N)(=O)=O)cc3)C2)cc1OC1CCCC1.COc1ccc([C@@H]2CC(=O)N(c3cccc(S(N)(=O)=O)c3)C2)cc1OC1CCCC1.[C-]#[N+]c1ccc(Oc2ccc([C@@H]3CC(=O)N(c4cccc(C(N)=O)c4)C3)cc2OC2CCCC2)cc1.[C-]#[N+]c1cccc(Oc2ccc([C@@H]3CC(=O)N(c4cccc(C(N)=O)c4)C3)cc2OC2CCCC2)c1. The van der Waals surface area contributed by atoms with E-state index < -0.39 is 31.9 Å². The number of anilines is 4. The number of primary amides is 2. The van der Waals surface area contributed by atoms with E-state index >= 15 is 0 Å². The van der Waals surface area contributed by atoms with Crippen LogP contribution in [-0.2, 0) is 39.2 Å². The highest BCUT2D eigenvalue weighted by atomic mass is 32.2. The van der Waals surface area contributed by atoms with Crippen LogP contribution in [0.5, 0.6) is 57.5 Å². The molecule has 28 nitrogen and oxygen atoms in total. The van der Waals surface area contributed by atoms with Crippen LogP contribution < -0.4 is 79.2 Å². The maximum Gasteiger partial charge on any atom is 0.248 e. The summed E-state index contributed by atoms with van der Waals surface area (Å²) in [5.41, 5.74) is 19.2. The number of nitrogens with zero attached hydrogens (tertiary/aromatic N) is 6. The molecule has 0 aromatic heterocycles. The molecule has 8 N–H and O–H groups in total. The van der Waals surface area contributed by atoms with Crippen LogP contribution in [0.1, 0.15) is 195 Å². The van der Waals surface area contributed by atoms with E-state index in [-0.39, 0.29) is 81.5 Å². The Bertz CT molecular complexity index is 6240. The fraction of sp³-hybridized carbons (Fsp3) is 0.333. The molecule has 0 spiro atoms. The van der Waals surface area contributed by atoms with Crippen LogP contribution in [0, 0.1) is 13.1 Å². The van der Waals surface area contributed by atoms with E-state index in [2.05, 4.69) is 9.69 Å². The lowest BCUT2D eigenvalue weighted by atomic mass is 9.98. The predicted molar refractivity (Wildman–Crippen MR) is 500 cm³/mol. The van der Waals surface area contributed by atoms with Gasteiger partial charge in [-0.3, -0.25) is 28.8 Å². The Kier molecular flexibility index (Phi) is 29.5. The topological polar surface area (TPSA) is 370 Å². The maximum absolute atomic E-state index is 12.9. The smallest absolute Gasteiger partial charge is 0.248 e. The van der Waals surface area contributed by atoms with Gasteiger partial charge in [0.2, 0.25) is 55.5 Å². The molecule has 8 fully saturated rings. The molecular formula is C102H106N10O18S2. The minimum Gasteiger partial charge on any atom is -0.493 e. The fourth-order valence-corrected chi connectivity index (χ4v) is 19.3. The second-order valence-electron chi connectivity index (χ2n) is 34.3. The number of nitrogens with two attached hydrogens (primary N) is 4. The normalized spacial score (nSPS) is 18.7. The highest BCUT2D eigenvalue weighted by Crippen LogP contribution is 2.46. The lowest BCUT2D eigenvalue weighted by molar-refractivity contribution is -0.118. The largest absolute Gasteiger partial charge is 0.493 e. The number of carbonyl (C=O) groups excluding carboxylic acids is 6. The number of primary sulfonamides is 2. The zero-order valence-corrected chi connectivity index (χ0v) is 75.2. The third-order valence-corrected chi connectivity index (χ3v) is 27.1. The van der Waals surface area contributed by atoms with Gasteiger partial charge in [-0.2, -0.15) is 0 Å². The lowest BCUT2D eigenvalue weighted by Gasteiger charge is -2.20. The Labute approximate surface area is 768 Å². The first-order valence-corrected chi connectivity index (χ1v) is 47.7. The molecule has 4 aliphatic carbocycles. The molecular weight excluding hydrogens is 1720 g/mol. The molecule has 4 saturated heterocycles. The summed E-state index contributed by atoms with van der Waals surface area (Å²) in [6.45, 7) is 16.4. The van der Waals surface area contributed by atoms with Crippen molar-refractivity contribution in [2.24, 2.45) is 21.7 Å². The van der Waals surface area contributed by atoms with Crippen molar-refractivity contribution in [3.05, 3.63) is 275 Å². The zero-order valence-electron chi connectivity index (χ0n) is 73.5. The summed E-state index contributed by atoms with van der Waals surface area (Å²) >= 11 is 0. The Hall–Kier alpha value is -13.8. The molecule has 30 heteroatoms. The molecule has 4 heterocycles. The fourth-order valence-electron chi connectivity index (χ4n) is 18.2. The number of carbonyl (C=O) groups is 6. The second kappa shape index (κ2) is 42.0. The van der Waals surface area contributed by atoms with E-state index in [0.717, 1.165) is 105 Å². The van der Waals surface area contributed by atoms with Crippen LogP contribution in [0.15, 0.2) is 228 Å². The molecule has 6 amide bonds. The number of rotatable bonds is 26. The molecule has 4 saturated carbocycles. The van der Waals surface area contributed by atoms with Gasteiger partial charge < -0.3 is 69.0 Å². The van der Waals surface area contributed by atoms with Gasteiger partial charge in [0.1, 0.15) is 11.5 Å². The highest BCUT2D eigenvalue weighted by Gasteiger charge is 2.38. The number of hydrogen-bond donors (Lipinski definition) is 4. The van der Waals surface area contributed by atoms with E-state index in [1.54, 1.807) is 137 Å². The van der Waals surface area contributed by atoms with Crippen molar-refractivity contribution < 1.29 is 83.5 Å². The summed E-state index contributed by atoms with van der Waals surface area (Å²) in [6, 6.07) is 63.4. The van der Waals surface area contributed by atoms with Gasteiger partial charge in [-0.05, 0) is 277 Å². The second-order valence-corrected chi connectivity index (χ2v) is 37.4. The first kappa shape index (κ1) is 92.9. The van der Waals surface area contributed by atoms with E-state index in [1.807, 2.05) is 91.0 Å². The van der Waals surface area contributed by atoms with Gasteiger partial charge in [-0.25, -0.2) is 36.8 Å². The van der Waals surface area contributed by atoms with E-state index in [4.69, 9.17) is 72.8 Å².